The van der Waals surface area contributed by atoms with Crippen LogP contribution in [0.4, 0.5) is 15.3 Å². The number of hydrogen-bond acceptors (Lipinski definition) is 7. The Labute approximate surface area is 216 Å². The van der Waals surface area contributed by atoms with Gasteiger partial charge in [0, 0.05) is 12.0 Å². The Bertz CT molecular complexity index is 874. The van der Waals surface area contributed by atoms with Crippen molar-refractivity contribution >= 4 is 29.6 Å². The third-order valence-corrected chi connectivity index (χ3v) is 3.49. The zero-order chi connectivity index (χ0) is 28.9. The molecule has 1 aromatic rings. The summed E-state index contributed by atoms with van der Waals surface area (Å²) in [5.41, 5.74) is 4.63. The highest BCUT2D eigenvalue weighted by atomic mass is 16.6. The molecule has 9 nitrogen and oxygen atoms in total. The molecule has 1 rings (SSSR count). The molecular weight excluding hydrogens is 464 g/mol. The third kappa shape index (κ3) is 19.2. The summed E-state index contributed by atoms with van der Waals surface area (Å²) in [5, 5.41) is 2.62. The number of Topliss-reactive ketones (excluding diaryl/α,β-unsaturated/α-hetero) is 1. The second-order valence-electron chi connectivity index (χ2n) is 10.7. The third-order valence-electron chi connectivity index (χ3n) is 3.49. The van der Waals surface area contributed by atoms with Gasteiger partial charge in [-0.1, -0.05) is 19.9 Å². The molecule has 9 heteroatoms. The summed E-state index contributed by atoms with van der Waals surface area (Å²) in [6, 6.07) is 5.12. The number of primary amides is 1. The Morgan fingerprint density at radius 3 is 1.64 bits per heavy atom. The first kappa shape index (κ1) is 35.1. The molecule has 0 bridgehead atoms. The van der Waals surface area contributed by atoms with Crippen LogP contribution in [-0.2, 0) is 19.0 Å². The summed E-state index contributed by atoms with van der Waals surface area (Å²) in [7, 11) is 0. The van der Waals surface area contributed by atoms with Crippen molar-refractivity contribution in [3.63, 3.8) is 0 Å². The van der Waals surface area contributed by atoms with Crippen molar-refractivity contribution in [2.45, 2.75) is 113 Å². The summed E-state index contributed by atoms with van der Waals surface area (Å²) >= 11 is 0. The lowest BCUT2D eigenvalue weighted by Crippen LogP contribution is -2.28. The average molecular weight is 511 g/mol. The average Bonchev–Trinajstić information content (AvgIpc) is 2.63. The molecule has 0 radical (unpaired) electrons. The number of rotatable bonds is 5. The largest absolute Gasteiger partial charge is 0.460 e. The van der Waals surface area contributed by atoms with E-state index in [4.69, 9.17) is 15.2 Å². The second kappa shape index (κ2) is 15.1. The van der Waals surface area contributed by atoms with Crippen LogP contribution >= 0.6 is 0 Å². The molecule has 0 aliphatic carbocycles. The molecular formula is C27H46N2O7. The Morgan fingerprint density at radius 2 is 1.25 bits per heavy atom. The van der Waals surface area contributed by atoms with E-state index >= 15 is 0 Å². The van der Waals surface area contributed by atoms with Crippen LogP contribution < -0.4 is 11.1 Å². The minimum Gasteiger partial charge on any atom is -0.460 e. The Kier molecular flexibility index (Phi) is 14.7. The lowest BCUT2D eigenvalue weighted by molar-refractivity contribution is -0.154. The quantitative estimate of drug-likeness (QED) is 0.260. The number of carbonyl (C=O) groups excluding carboxylic acids is 4. The number of ketones is 1. The number of nitrogens with one attached hydrogen (secondary N) is 1. The van der Waals surface area contributed by atoms with Gasteiger partial charge < -0.3 is 19.9 Å². The lowest BCUT2D eigenvalue weighted by atomic mass is 10.0. The fourth-order valence-electron chi connectivity index (χ4n) is 2.46. The zero-order valence-corrected chi connectivity index (χ0v) is 24.1. The first-order valence-corrected chi connectivity index (χ1v) is 12.0. The molecule has 3 N–H and O–H groups in total. The van der Waals surface area contributed by atoms with E-state index in [1.54, 1.807) is 80.5 Å². The number of ether oxygens (including phenoxy) is 3. The van der Waals surface area contributed by atoms with E-state index in [1.165, 1.54) is 0 Å². The molecule has 36 heavy (non-hydrogen) atoms. The van der Waals surface area contributed by atoms with E-state index in [-0.39, 0.29) is 18.6 Å². The Balaban J connectivity index is 0. The maximum absolute atomic E-state index is 12.5. The fraction of sp³-hybridized carbons (Fsp3) is 0.630. The zero-order valence-electron chi connectivity index (χ0n) is 24.1. The summed E-state index contributed by atoms with van der Waals surface area (Å²) in [5.74, 6) is -0.679. The molecule has 0 saturated heterocycles. The number of carbonyl (C=O) groups is 4. The van der Waals surface area contributed by atoms with E-state index in [0.717, 1.165) is 5.56 Å². The van der Waals surface area contributed by atoms with E-state index in [1.807, 2.05) is 20.8 Å². The van der Waals surface area contributed by atoms with E-state index in [2.05, 4.69) is 10.1 Å². The summed E-state index contributed by atoms with van der Waals surface area (Å²) in [6.07, 6.45) is -1.38. The monoisotopic (exact) mass is 510 g/mol. The van der Waals surface area contributed by atoms with Crippen molar-refractivity contribution < 1.29 is 33.4 Å². The van der Waals surface area contributed by atoms with Gasteiger partial charge in [0.2, 0.25) is 0 Å². The van der Waals surface area contributed by atoms with Crippen LogP contribution in [0.3, 0.4) is 0 Å². The summed E-state index contributed by atoms with van der Waals surface area (Å²) in [4.78, 5) is 46.4. The van der Waals surface area contributed by atoms with Gasteiger partial charge in [0.05, 0.1) is 12.1 Å². The van der Waals surface area contributed by atoms with Crippen LogP contribution in [0.2, 0.25) is 0 Å². The molecule has 0 saturated carbocycles. The topological polar surface area (TPSA) is 134 Å². The predicted octanol–water partition coefficient (Wildman–Crippen LogP) is 6.55. The highest BCUT2D eigenvalue weighted by molar-refractivity contribution is 6.04. The maximum Gasteiger partial charge on any atom is 0.412 e. The van der Waals surface area contributed by atoms with E-state index in [9.17, 15) is 19.2 Å². The van der Waals surface area contributed by atoms with Gasteiger partial charge in [0.25, 0.3) is 0 Å². The Morgan fingerprint density at radius 1 is 0.778 bits per heavy atom. The van der Waals surface area contributed by atoms with Crippen molar-refractivity contribution in [2.24, 2.45) is 5.73 Å². The molecule has 0 heterocycles. The van der Waals surface area contributed by atoms with Crippen LogP contribution in [0.1, 0.15) is 105 Å². The van der Waals surface area contributed by atoms with Crippen molar-refractivity contribution in [1.29, 1.82) is 0 Å². The first-order chi connectivity index (χ1) is 16.2. The molecule has 206 valence electrons. The van der Waals surface area contributed by atoms with Gasteiger partial charge in [-0.05, 0) is 86.9 Å². The van der Waals surface area contributed by atoms with Crippen LogP contribution in [0.15, 0.2) is 18.2 Å². The number of esters is 1. The van der Waals surface area contributed by atoms with Gasteiger partial charge in [-0.3, -0.25) is 14.9 Å². The molecule has 0 fully saturated rings. The number of aryl methyl sites for hydroxylation is 1. The minimum absolute atomic E-state index is 0.000965. The van der Waals surface area contributed by atoms with Crippen LogP contribution in [-0.4, -0.2) is 40.7 Å². The molecule has 0 aliphatic rings. The Hall–Kier alpha value is -3.10. The number of anilines is 1. The number of nitrogens with two attached hydrogens (primary N) is 1. The molecule has 0 aliphatic heterocycles. The molecule has 0 aromatic heterocycles. The van der Waals surface area contributed by atoms with Gasteiger partial charge in [-0.25, -0.2) is 9.59 Å². The summed E-state index contributed by atoms with van der Waals surface area (Å²) in [6.45, 7) is 21.7. The normalized spacial score (nSPS) is 11.0. The highest BCUT2D eigenvalue weighted by Crippen LogP contribution is 2.22. The first-order valence-electron chi connectivity index (χ1n) is 12.0. The molecule has 0 atom stereocenters. The van der Waals surface area contributed by atoms with Crippen molar-refractivity contribution in [3.05, 3.63) is 29.3 Å². The molecule has 0 spiro atoms. The van der Waals surface area contributed by atoms with Gasteiger partial charge in [-0.2, -0.15) is 0 Å². The van der Waals surface area contributed by atoms with Crippen molar-refractivity contribution in [3.8, 4) is 0 Å². The smallest absolute Gasteiger partial charge is 0.412 e. The molecule has 2 amide bonds. The SMILES string of the molecule is CC.CC(C)(C)OC(N)=O.Cc1ccc(C(=O)CCC(=O)OC(C)(C)C)c(NC(=O)OC(C)(C)C)c1. The van der Waals surface area contributed by atoms with Gasteiger partial charge in [-0.15, -0.1) is 0 Å². The second-order valence-corrected chi connectivity index (χ2v) is 10.7. The van der Waals surface area contributed by atoms with Gasteiger partial charge in [0.15, 0.2) is 5.78 Å². The standard InChI is InChI=1S/C20H29NO5.C5H11NO2.C2H6/c1-13-8-9-14(15(12-13)21-18(24)26-20(5,6)7)16(22)10-11-17(23)25-19(2,3)4;1-5(2,3)8-4(6)7;1-2/h8-9,12H,10-11H2,1-7H3,(H,21,24);1-3H3,(H2,6,7);1-2H3. The minimum atomic E-state index is -0.725. The number of amides is 2. The van der Waals surface area contributed by atoms with Gasteiger partial charge >= 0.3 is 18.2 Å². The molecule has 1 aromatic carbocycles. The van der Waals surface area contributed by atoms with E-state index < -0.39 is 35.0 Å². The van der Waals surface area contributed by atoms with Gasteiger partial charge in [0.1, 0.15) is 16.8 Å². The predicted molar refractivity (Wildman–Crippen MR) is 142 cm³/mol. The molecule has 0 unspecified atom stereocenters. The summed E-state index contributed by atoms with van der Waals surface area (Å²) < 4.78 is 15.0. The van der Waals surface area contributed by atoms with Crippen LogP contribution in [0, 0.1) is 6.92 Å². The maximum atomic E-state index is 12.5. The number of benzene rings is 1. The highest BCUT2D eigenvalue weighted by Gasteiger charge is 2.21. The van der Waals surface area contributed by atoms with Crippen molar-refractivity contribution in [2.75, 3.05) is 5.32 Å². The fourth-order valence-corrected chi connectivity index (χ4v) is 2.46. The van der Waals surface area contributed by atoms with Crippen LogP contribution in [0.25, 0.3) is 0 Å². The lowest BCUT2D eigenvalue weighted by Gasteiger charge is -2.21. The van der Waals surface area contributed by atoms with Crippen LogP contribution in [0.5, 0.6) is 0 Å². The number of hydrogen-bond donors (Lipinski definition) is 2. The van der Waals surface area contributed by atoms with E-state index in [0.29, 0.717) is 11.3 Å². The van der Waals surface area contributed by atoms with Crippen molar-refractivity contribution in [1.82, 2.24) is 0 Å².